The first-order chi connectivity index (χ1) is 7.70. The highest BCUT2D eigenvalue weighted by molar-refractivity contribution is 5.85. The Kier molecular flexibility index (Phi) is 2.90. The molecular weight excluding hydrogens is 204 g/mol. The van der Waals surface area contributed by atoms with Gasteiger partial charge in [-0.3, -0.25) is 0 Å². The second kappa shape index (κ2) is 4.35. The van der Waals surface area contributed by atoms with Gasteiger partial charge in [-0.2, -0.15) is 0 Å². The number of carboxylic acids is 1. The Morgan fingerprint density at radius 2 is 2.38 bits per heavy atom. The minimum Gasteiger partial charge on any atom is -0.477 e. The quantitative estimate of drug-likeness (QED) is 0.847. The van der Waals surface area contributed by atoms with E-state index in [1.807, 2.05) is 6.92 Å². The molecular formula is C12H14N2O2. The fourth-order valence-corrected chi connectivity index (χ4v) is 1.88. The van der Waals surface area contributed by atoms with Gasteiger partial charge in [0.05, 0.1) is 18.6 Å². The van der Waals surface area contributed by atoms with Crippen molar-refractivity contribution in [3.8, 4) is 0 Å². The van der Waals surface area contributed by atoms with Crippen molar-refractivity contribution in [2.45, 2.75) is 25.8 Å². The van der Waals surface area contributed by atoms with Crippen LogP contribution in [0.4, 0.5) is 0 Å². The van der Waals surface area contributed by atoms with E-state index in [0.29, 0.717) is 0 Å². The van der Waals surface area contributed by atoms with Crippen LogP contribution in [0.5, 0.6) is 0 Å². The van der Waals surface area contributed by atoms with Gasteiger partial charge in [-0.05, 0) is 25.3 Å². The van der Waals surface area contributed by atoms with E-state index in [-0.39, 0.29) is 11.7 Å². The highest BCUT2D eigenvalue weighted by Gasteiger charge is 2.17. The van der Waals surface area contributed by atoms with Crippen molar-refractivity contribution < 1.29 is 9.90 Å². The van der Waals surface area contributed by atoms with Crippen LogP contribution < -0.4 is 0 Å². The molecule has 1 heterocycles. The monoisotopic (exact) mass is 218 g/mol. The average Bonchev–Trinajstić information content (AvgIpc) is 2.78. The summed E-state index contributed by atoms with van der Waals surface area (Å²) in [5.41, 5.74) is 1.37. The molecule has 0 aliphatic heterocycles. The van der Waals surface area contributed by atoms with Crippen LogP contribution in [0.25, 0.3) is 0 Å². The molecule has 84 valence electrons. The smallest absolute Gasteiger partial charge is 0.354 e. The third kappa shape index (κ3) is 1.91. The first-order valence-corrected chi connectivity index (χ1v) is 5.32. The maximum Gasteiger partial charge on any atom is 0.354 e. The number of imidazole rings is 1. The molecule has 1 aliphatic carbocycles. The molecule has 1 aromatic heterocycles. The Balaban J connectivity index is 2.30. The number of rotatable bonds is 3. The Hall–Kier alpha value is -1.84. The topological polar surface area (TPSA) is 55.1 Å². The molecule has 1 N–H and O–H groups in total. The van der Waals surface area contributed by atoms with Crippen LogP contribution in [0, 0.1) is 0 Å². The summed E-state index contributed by atoms with van der Waals surface area (Å²) in [6.45, 7) is 1.98. The SMILES string of the molecule is C[C@H](C1=CCCC=C1)n1cncc1C(=O)O. The Morgan fingerprint density at radius 1 is 1.56 bits per heavy atom. The molecule has 0 fully saturated rings. The second-order valence-electron chi connectivity index (χ2n) is 3.85. The number of carbonyl (C=O) groups is 1. The van der Waals surface area contributed by atoms with Gasteiger partial charge >= 0.3 is 5.97 Å². The summed E-state index contributed by atoms with van der Waals surface area (Å²) >= 11 is 0. The van der Waals surface area contributed by atoms with E-state index in [9.17, 15) is 4.79 Å². The molecule has 0 saturated heterocycles. The first-order valence-electron chi connectivity index (χ1n) is 5.32. The molecule has 0 bridgehead atoms. The van der Waals surface area contributed by atoms with Gasteiger partial charge in [0.1, 0.15) is 5.69 Å². The lowest BCUT2D eigenvalue weighted by atomic mass is 10.0. The molecule has 0 aromatic carbocycles. The molecule has 0 spiro atoms. The van der Waals surface area contributed by atoms with E-state index in [2.05, 4.69) is 23.2 Å². The summed E-state index contributed by atoms with van der Waals surface area (Å²) in [6, 6.07) is 0.0187. The molecule has 4 nitrogen and oxygen atoms in total. The van der Waals surface area contributed by atoms with Crippen LogP contribution >= 0.6 is 0 Å². The zero-order chi connectivity index (χ0) is 11.5. The van der Waals surface area contributed by atoms with Crippen LogP contribution in [0.15, 0.2) is 36.3 Å². The van der Waals surface area contributed by atoms with Gasteiger partial charge in [-0.25, -0.2) is 9.78 Å². The maximum absolute atomic E-state index is 11.0. The Bertz CT molecular complexity index is 457. The zero-order valence-electron chi connectivity index (χ0n) is 9.13. The summed E-state index contributed by atoms with van der Waals surface area (Å²) in [5, 5.41) is 9.00. The molecule has 1 aromatic rings. The minimum atomic E-state index is -0.940. The van der Waals surface area contributed by atoms with Gasteiger partial charge in [0.25, 0.3) is 0 Å². The van der Waals surface area contributed by atoms with Crippen molar-refractivity contribution in [3.63, 3.8) is 0 Å². The van der Waals surface area contributed by atoms with Crippen molar-refractivity contribution >= 4 is 5.97 Å². The van der Waals surface area contributed by atoms with Crippen molar-refractivity contribution in [2.24, 2.45) is 0 Å². The molecule has 1 atom stereocenters. The predicted molar refractivity (Wildman–Crippen MR) is 60.4 cm³/mol. The van der Waals surface area contributed by atoms with Crippen molar-refractivity contribution in [1.82, 2.24) is 9.55 Å². The van der Waals surface area contributed by atoms with E-state index in [4.69, 9.17) is 5.11 Å². The Labute approximate surface area is 93.9 Å². The molecule has 16 heavy (non-hydrogen) atoms. The van der Waals surface area contributed by atoms with Gasteiger partial charge in [0.15, 0.2) is 0 Å². The summed E-state index contributed by atoms with van der Waals surface area (Å²) in [7, 11) is 0. The van der Waals surface area contributed by atoms with Gasteiger partial charge in [0.2, 0.25) is 0 Å². The number of carboxylic acid groups (broad SMARTS) is 1. The van der Waals surface area contributed by atoms with E-state index in [1.165, 1.54) is 6.20 Å². The summed E-state index contributed by atoms with van der Waals surface area (Å²) in [4.78, 5) is 14.9. The normalized spacial score (nSPS) is 16.9. The standard InChI is InChI=1S/C12H14N2O2/c1-9(10-5-3-2-4-6-10)14-8-13-7-11(14)12(15)16/h3,5-9H,2,4H2,1H3,(H,15,16)/t9-/m1/s1. The molecule has 1 aliphatic rings. The van der Waals surface area contributed by atoms with Gasteiger partial charge in [0, 0.05) is 0 Å². The summed E-state index contributed by atoms with van der Waals surface area (Å²) in [5.74, 6) is -0.940. The van der Waals surface area contributed by atoms with Crippen LogP contribution in [0.1, 0.15) is 36.3 Å². The predicted octanol–water partition coefficient (Wildman–Crippen LogP) is 2.42. The molecule has 0 unspecified atom stereocenters. The van der Waals surface area contributed by atoms with E-state index < -0.39 is 5.97 Å². The lowest BCUT2D eigenvalue weighted by molar-refractivity contribution is 0.0684. The van der Waals surface area contributed by atoms with Gasteiger partial charge < -0.3 is 9.67 Å². The number of aromatic carboxylic acids is 1. The minimum absolute atomic E-state index is 0.0187. The molecule has 0 radical (unpaired) electrons. The van der Waals surface area contributed by atoms with Crippen LogP contribution in [-0.4, -0.2) is 20.6 Å². The summed E-state index contributed by atoms with van der Waals surface area (Å²) in [6.07, 6.45) is 11.3. The molecule has 0 saturated carbocycles. The molecule has 0 amide bonds. The Morgan fingerprint density at radius 3 is 3.00 bits per heavy atom. The zero-order valence-corrected chi connectivity index (χ0v) is 9.13. The van der Waals surface area contributed by atoms with Gasteiger partial charge in [-0.1, -0.05) is 18.2 Å². The summed E-state index contributed by atoms with van der Waals surface area (Å²) < 4.78 is 1.68. The highest BCUT2D eigenvalue weighted by Crippen LogP contribution is 2.23. The van der Waals surface area contributed by atoms with Crippen LogP contribution in [0.2, 0.25) is 0 Å². The number of aromatic nitrogens is 2. The molecule has 4 heteroatoms. The van der Waals surface area contributed by atoms with Gasteiger partial charge in [-0.15, -0.1) is 0 Å². The maximum atomic E-state index is 11.0. The average molecular weight is 218 g/mol. The van der Waals surface area contributed by atoms with Crippen molar-refractivity contribution in [3.05, 3.63) is 42.0 Å². The highest BCUT2D eigenvalue weighted by atomic mass is 16.4. The number of nitrogens with zero attached hydrogens (tertiary/aromatic N) is 2. The van der Waals surface area contributed by atoms with E-state index in [1.54, 1.807) is 10.9 Å². The second-order valence-corrected chi connectivity index (χ2v) is 3.85. The third-order valence-corrected chi connectivity index (χ3v) is 2.81. The largest absolute Gasteiger partial charge is 0.477 e. The first kappa shape index (κ1) is 10.7. The third-order valence-electron chi connectivity index (χ3n) is 2.81. The molecule has 2 rings (SSSR count). The number of hydrogen-bond acceptors (Lipinski definition) is 2. The van der Waals surface area contributed by atoms with E-state index >= 15 is 0 Å². The lowest BCUT2D eigenvalue weighted by Crippen LogP contribution is -2.13. The van der Waals surface area contributed by atoms with Crippen molar-refractivity contribution in [1.29, 1.82) is 0 Å². The van der Waals surface area contributed by atoms with Crippen LogP contribution in [-0.2, 0) is 0 Å². The van der Waals surface area contributed by atoms with E-state index in [0.717, 1.165) is 18.4 Å². The lowest BCUT2D eigenvalue weighted by Gasteiger charge is -2.18. The van der Waals surface area contributed by atoms with Crippen molar-refractivity contribution in [2.75, 3.05) is 0 Å². The fraction of sp³-hybridized carbons (Fsp3) is 0.333. The number of hydrogen-bond donors (Lipinski definition) is 1. The fourth-order valence-electron chi connectivity index (χ4n) is 1.88. The van der Waals surface area contributed by atoms with Crippen LogP contribution in [0.3, 0.4) is 0 Å². The number of allylic oxidation sites excluding steroid dienone is 4.